The first-order valence-corrected chi connectivity index (χ1v) is 10.5. The van der Waals surface area contributed by atoms with Crippen LogP contribution < -0.4 is 15.5 Å². The lowest BCUT2D eigenvalue weighted by molar-refractivity contribution is -0.117. The Morgan fingerprint density at radius 3 is 2.77 bits per heavy atom. The summed E-state index contributed by atoms with van der Waals surface area (Å²) in [5.74, 6) is 0.619. The number of aromatic nitrogens is 2. The summed E-state index contributed by atoms with van der Waals surface area (Å²) >= 11 is 0. The van der Waals surface area contributed by atoms with Gasteiger partial charge in [-0.05, 0) is 57.0 Å². The number of rotatable bonds is 8. The van der Waals surface area contributed by atoms with Crippen molar-refractivity contribution in [3.63, 3.8) is 0 Å². The van der Waals surface area contributed by atoms with Gasteiger partial charge in [0.2, 0.25) is 5.91 Å². The second kappa shape index (κ2) is 9.21. The Bertz CT molecular complexity index is 886. The molecule has 1 aliphatic carbocycles. The molecule has 1 aromatic heterocycles. The average molecular weight is 409 g/mol. The summed E-state index contributed by atoms with van der Waals surface area (Å²) < 4.78 is 0. The fourth-order valence-corrected chi connectivity index (χ4v) is 3.91. The van der Waals surface area contributed by atoms with Crippen molar-refractivity contribution < 1.29 is 9.59 Å². The lowest BCUT2D eigenvalue weighted by Crippen LogP contribution is -2.42. The molecule has 4 rings (SSSR count). The van der Waals surface area contributed by atoms with E-state index in [-0.39, 0.29) is 24.4 Å². The van der Waals surface area contributed by atoms with Crippen molar-refractivity contribution in [1.29, 1.82) is 0 Å². The Morgan fingerprint density at radius 1 is 1.17 bits per heavy atom. The van der Waals surface area contributed by atoms with Crippen LogP contribution in [0.3, 0.4) is 0 Å². The topological polar surface area (TPSA) is 90.5 Å². The van der Waals surface area contributed by atoms with E-state index in [0.29, 0.717) is 17.3 Å². The Labute approximate surface area is 176 Å². The molecular formula is C22H28N6O2. The predicted octanol–water partition coefficient (Wildman–Crippen LogP) is 1.91. The number of nitrogens with zero attached hydrogens (tertiary/aromatic N) is 4. The molecule has 1 atom stereocenters. The summed E-state index contributed by atoms with van der Waals surface area (Å²) in [7, 11) is 1.94. The molecule has 1 unspecified atom stereocenters. The molecule has 0 spiro atoms. The molecule has 0 bridgehead atoms. The van der Waals surface area contributed by atoms with Crippen LogP contribution >= 0.6 is 0 Å². The van der Waals surface area contributed by atoms with Crippen molar-refractivity contribution in [3.8, 4) is 0 Å². The molecular weight excluding hydrogens is 380 g/mol. The van der Waals surface area contributed by atoms with Gasteiger partial charge >= 0.3 is 0 Å². The number of para-hydroxylation sites is 1. The fraction of sp³-hybridized carbons (Fsp3) is 0.455. The summed E-state index contributed by atoms with van der Waals surface area (Å²) in [6.07, 6.45) is 5.89. The maximum Gasteiger partial charge on any atom is 0.253 e. The minimum absolute atomic E-state index is 0.131. The van der Waals surface area contributed by atoms with Crippen LogP contribution in [0.1, 0.15) is 36.0 Å². The standard InChI is InChI=1S/C22H28N6O2/c1-27(14-17-6-5-13-28(17)20-9-4-12-23-26-20)15-21(29)25-19-8-3-2-7-18(19)22(30)24-16-10-11-16/h2-4,7-9,12,16-17H,5-6,10-11,13-15H2,1H3,(H,24,30)(H,25,29). The molecule has 30 heavy (non-hydrogen) atoms. The van der Waals surface area contributed by atoms with Crippen molar-refractivity contribution in [3.05, 3.63) is 48.2 Å². The maximum atomic E-state index is 12.6. The van der Waals surface area contributed by atoms with Crippen molar-refractivity contribution >= 4 is 23.3 Å². The van der Waals surface area contributed by atoms with E-state index in [1.807, 2.05) is 36.2 Å². The molecule has 2 aromatic rings. The lowest BCUT2D eigenvalue weighted by atomic mass is 10.1. The average Bonchev–Trinajstić information content (AvgIpc) is 3.44. The van der Waals surface area contributed by atoms with Gasteiger partial charge in [-0.3, -0.25) is 14.5 Å². The molecule has 158 valence electrons. The second-order valence-electron chi connectivity index (χ2n) is 8.11. The highest BCUT2D eigenvalue weighted by Gasteiger charge is 2.28. The van der Waals surface area contributed by atoms with Crippen LogP contribution in [0.2, 0.25) is 0 Å². The Kier molecular flexibility index (Phi) is 6.23. The van der Waals surface area contributed by atoms with E-state index in [0.717, 1.165) is 44.6 Å². The molecule has 2 amide bonds. The van der Waals surface area contributed by atoms with Gasteiger partial charge in [-0.15, -0.1) is 5.10 Å². The van der Waals surface area contributed by atoms with Gasteiger partial charge in [0, 0.05) is 31.4 Å². The number of carbonyl (C=O) groups is 2. The van der Waals surface area contributed by atoms with E-state index in [1.165, 1.54) is 0 Å². The Morgan fingerprint density at radius 2 is 2.00 bits per heavy atom. The summed E-state index contributed by atoms with van der Waals surface area (Å²) in [6, 6.07) is 11.6. The van der Waals surface area contributed by atoms with Gasteiger partial charge in [0.1, 0.15) is 0 Å². The summed E-state index contributed by atoms with van der Waals surface area (Å²) in [5.41, 5.74) is 1.06. The zero-order valence-electron chi connectivity index (χ0n) is 17.3. The van der Waals surface area contributed by atoms with E-state index in [2.05, 4.69) is 25.7 Å². The molecule has 1 aromatic carbocycles. The van der Waals surface area contributed by atoms with Crippen LogP contribution in [0.25, 0.3) is 0 Å². The van der Waals surface area contributed by atoms with Crippen molar-refractivity contribution in [2.45, 2.75) is 37.8 Å². The number of hydrogen-bond acceptors (Lipinski definition) is 6. The van der Waals surface area contributed by atoms with Gasteiger partial charge in [0.25, 0.3) is 5.91 Å². The maximum absolute atomic E-state index is 12.6. The number of hydrogen-bond donors (Lipinski definition) is 2. The molecule has 2 fully saturated rings. The van der Waals surface area contributed by atoms with Gasteiger partial charge in [0.05, 0.1) is 17.8 Å². The first-order valence-electron chi connectivity index (χ1n) is 10.5. The van der Waals surface area contributed by atoms with Crippen LogP contribution in [0.15, 0.2) is 42.6 Å². The summed E-state index contributed by atoms with van der Waals surface area (Å²) in [6.45, 7) is 1.96. The SMILES string of the molecule is CN(CC(=O)Nc1ccccc1C(=O)NC1CC1)CC1CCCN1c1cccnn1. The van der Waals surface area contributed by atoms with Crippen molar-refractivity contribution in [2.75, 3.05) is 36.9 Å². The Balaban J connectivity index is 1.32. The van der Waals surface area contributed by atoms with E-state index in [4.69, 9.17) is 0 Å². The molecule has 1 saturated heterocycles. The van der Waals surface area contributed by atoms with Gasteiger partial charge in [-0.2, -0.15) is 5.10 Å². The third kappa shape index (κ3) is 5.13. The number of amides is 2. The minimum atomic E-state index is -0.132. The third-order valence-electron chi connectivity index (χ3n) is 5.52. The van der Waals surface area contributed by atoms with Crippen molar-refractivity contribution in [2.24, 2.45) is 0 Å². The monoisotopic (exact) mass is 408 g/mol. The zero-order valence-corrected chi connectivity index (χ0v) is 17.3. The van der Waals surface area contributed by atoms with E-state index < -0.39 is 0 Å². The smallest absolute Gasteiger partial charge is 0.253 e. The van der Waals surface area contributed by atoms with E-state index in [9.17, 15) is 9.59 Å². The highest BCUT2D eigenvalue weighted by atomic mass is 16.2. The number of likely N-dealkylation sites (N-methyl/N-ethyl adjacent to an activating group) is 1. The molecule has 2 aliphatic rings. The first kappa shape index (κ1) is 20.3. The highest BCUT2D eigenvalue weighted by Crippen LogP contribution is 2.24. The molecule has 1 aliphatic heterocycles. The second-order valence-corrected chi connectivity index (χ2v) is 8.11. The van der Waals surface area contributed by atoms with Crippen LogP contribution in [0, 0.1) is 0 Å². The van der Waals surface area contributed by atoms with Crippen LogP contribution in [0.4, 0.5) is 11.5 Å². The Hall–Kier alpha value is -3.00. The van der Waals surface area contributed by atoms with Crippen molar-refractivity contribution in [1.82, 2.24) is 20.4 Å². The fourth-order valence-electron chi connectivity index (χ4n) is 3.91. The molecule has 1 saturated carbocycles. The minimum Gasteiger partial charge on any atom is -0.351 e. The quantitative estimate of drug-likeness (QED) is 0.694. The summed E-state index contributed by atoms with van der Waals surface area (Å²) in [5, 5.41) is 14.1. The number of nitrogens with one attached hydrogen (secondary N) is 2. The third-order valence-corrected chi connectivity index (χ3v) is 5.52. The molecule has 8 heteroatoms. The van der Waals surface area contributed by atoms with Gasteiger partial charge < -0.3 is 15.5 Å². The molecule has 0 radical (unpaired) electrons. The normalized spacial score (nSPS) is 18.5. The van der Waals surface area contributed by atoms with E-state index >= 15 is 0 Å². The molecule has 2 heterocycles. The van der Waals surface area contributed by atoms with Crippen LogP contribution in [-0.2, 0) is 4.79 Å². The molecule has 2 N–H and O–H groups in total. The van der Waals surface area contributed by atoms with Crippen LogP contribution in [0.5, 0.6) is 0 Å². The highest BCUT2D eigenvalue weighted by molar-refractivity contribution is 6.04. The summed E-state index contributed by atoms with van der Waals surface area (Å²) in [4.78, 5) is 29.3. The lowest BCUT2D eigenvalue weighted by Gasteiger charge is -2.29. The molecule has 8 nitrogen and oxygen atoms in total. The number of anilines is 2. The van der Waals surface area contributed by atoms with Gasteiger partial charge in [0.15, 0.2) is 5.82 Å². The van der Waals surface area contributed by atoms with Gasteiger partial charge in [-0.25, -0.2) is 0 Å². The first-order chi connectivity index (χ1) is 14.6. The zero-order chi connectivity index (χ0) is 20.9. The largest absolute Gasteiger partial charge is 0.351 e. The van der Waals surface area contributed by atoms with Gasteiger partial charge in [-0.1, -0.05) is 12.1 Å². The van der Waals surface area contributed by atoms with Crippen LogP contribution in [-0.4, -0.2) is 65.7 Å². The van der Waals surface area contributed by atoms with E-state index in [1.54, 1.807) is 18.3 Å². The predicted molar refractivity (Wildman–Crippen MR) is 115 cm³/mol. The number of carbonyl (C=O) groups excluding carboxylic acids is 2. The number of benzene rings is 1.